The van der Waals surface area contributed by atoms with Crippen molar-refractivity contribution in [2.45, 2.75) is 25.4 Å². The van der Waals surface area contributed by atoms with E-state index in [1.54, 1.807) is 0 Å². The molecule has 0 saturated carbocycles. The number of imidazole rings is 1. The van der Waals surface area contributed by atoms with Crippen molar-refractivity contribution in [2.24, 2.45) is 0 Å². The van der Waals surface area contributed by atoms with Crippen LogP contribution in [0.2, 0.25) is 0 Å². The van der Waals surface area contributed by atoms with Crippen LogP contribution < -0.4 is 16.2 Å². The number of rotatable bonds is 5. The number of nitrogens with one attached hydrogen (secondary N) is 3. The maximum atomic E-state index is 12.8. The van der Waals surface area contributed by atoms with Gasteiger partial charge in [0.15, 0.2) is 4.96 Å². The van der Waals surface area contributed by atoms with Crippen LogP contribution in [0, 0.1) is 6.92 Å². The summed E-state index contributed by atoms with van der Waals surface area (Å²) < 4.78 is 1.88. The molecule has 7 heteroatoms. The fourth-order valence-corrected chi connectivity index (χ4v) is 4.76. The molecule has 1 aliphatic heterocycles. The van der Waals surface area contributed by atoms with Crippen molar-refractivity contribution in [3.63, 3.8) is 0 Å². The molecule has 0 radical (unpaired) electrons. The summed E-state index contributed by atoms with van der Waals surface area (Å²) in [4.78, 5) is 18.4. The van der Waals surface area contributed by atoms with E-state index in [1.807, 2.05) is 46.3 Å². The third kappa shape index (κ3) is 3.63. The van der Waals surface area contributed by atoms with Gasteiger partial charge in [-0.05, 0) is 24.5 Å². The molecule has 2 aromatic carbocycles. The summed E-state index contributed by atoms with van der Waals surface area (Å²) in [6.45, 7) is 2.63. The van der Waals surface area contributed by atoms with E-state index in [-0.39, 0.29) is 18.0 Å². The number of fused-ring (bicyclic) bond motifs is 1. The Balaban J connectivity index is 1.26. The van der Waals surface area contributed by atoms with Gasteiger partial charge in [0.25, 0.3) is 5.91 Å². The number of thiazole rings is 1. The van der Waals surface area contributed by atoms with Gasteiger partial charge in [0.1, 0.15) is 5.69 Å². The summed E-state index contributed by atoms with van der Waals surface area (Å²) in [6, 6.07) is 18.9. The smallest absolute Gasteiger partial charge is 0.269 e. The normalized spacial score (nSPS) is 18.7. The Morgan fingerprint density at radius 1 is 1.17 bits per heavy atom. The maximum absolute atomic E-state index is 12.8. The Bertz CT molecular complexity index is 1180. The Morgan fingerprint density at radius 2 is 1.97 bits per heavy atom. The number of hydrogen-bond donors (Lipinski definition) is 3. The van der Waals surface area contributed by atoms with E-state index in [2.05, 4.69) is 47.4 Å². The highest BCUT2D eigenvalue weighted by Crippen LogP contribution is 2.26. The second kappa shape index (κ2) is 8.02. The topological polar surface area (TPSA) is 70.5 Å². The Labute approximate surface area is 178 Å². The first-order valence-electron chi connectivity index (χ1n) is 10.1. The van der Waals surface area contributed by atoms with Crippen LogP contribution in [0.1, 0.15) is 34.1 Å². The zero-order chi connectivity index (χ0) is 20.5. The second-order valence-electron chi connectivity index (χ2n) is 7.61. The molecule has 2 aromatic heterocycles. The van der Waals surface area contributed by atoms with E-state index in [0.717, 1.165) is 22.6 Å². The number of benzene rings is 2. The zero-order valence-corrected chi connectivity index (χ0v) is 17.4. The van der Waals surface area contributed by atoms with Gasteiger partial charge in [-0.25, -0.2) is 10.4 Å². The van der Waals surface area contributed by atoms with Gasteiger partial charge in [0, 0.05) is 35.8 Å². The second-order valence-corrected chi connectivity index (χ2v) is 8.45. The van der Waals surface area contributed by atoms with Crippen LogP contribution in [0.4, 0.5) is 0 Å². The fourth-order valence-electron chi connectivity index (χ4n) is 3.90. The van der Waals surface area contributed by atoms with Gasteiger partial charge in [0.05, 0.1) is 5.69 Å². The average Bonchev–Trinajstić information content (AvgIpc) is 3.49. The van der Waals surface area contributed by atoms with E-state index in [1.165, 1.54) is 22.5 Å². The van der Waals surface area contributed by atoms with Gasteiger partial charge in [-0.15, -0.1) is 11.3 Å². The molecule has 2 atom stereocenters. The van der Waals surface area contributed by atoms with E-state index >= 15 is 0 Å². The highest BCUT2D eigenvalue weighted by molar-refractivity contribution is 7.15. The molecular weight excluding hydrogens is 394 g/mol. The lowest BCUT2D eigenvalue weighted by Gasteiger charge is -2.11. The van der Waals surface area contributed by atoms with Crippen molar-refractivity contribution < 1.29 is 4.79 Å². The lowest BCUT2D eigenvalue weighted by atomic mass is 10.0. The molecule has 1 fully saturated rings. The van der Waals surface area contributed by atoms with Gasteiger partial charge < -0.3 is 5.32 Å². The minimum Gasteiger partial charge on any atom is -0.349 e. The molecule has 0 bridgehead atoms. The predicted molar refractivity (Wildman–Crippen MR) is 119 cm³/mol. The van der Waals surface area contributed by atoms with Crippen LogP contribution in [0.3, 0.4) is 0 Å². The van der Waals surface area contributed by atoms with Gasteiger partial charge >= 0.3 is 0 Å². The Kier molecular flexibility index (Phi) is 5.08. The van der Waals surface area contributed by atoms with Crippen molar-refractivity contribution in [3.05, 3.63) is 83.0 Å². The monoisotopic (exact) mass is 417 g/mol. The van der Waals surface area contributed by atoms with Gasteiger partial charge in [-0.1, -0.05) is 54.6 Å². The summed E-state index contributed by atoms with van der Waals surface area (Å²) in [7, 11) is 0. The Hall–Kier alpha value is -3.00. The molecule has 1 saturated heterocycles. The van der Waals surface area contributed by atoms with Crippen LogP contribution in [0.15, 0.2) is 66.2 Å². The maximum Gasteiger partial charge on any atom is 0.269 e. The number of carbonyl (C=O) groups excluding carboxylic acids is 1. The molecule has 0 spiro atoms. The molecule has 2 unspecified atom stereocenters. The first kappa shape index (κ1) is 19.0. The number of nitrogens with zero attached hydrogens (tertiary/aromatic N) is 2. The van der Waals surface area contributed by atoms with Crippen LogP contribution >= 0.6 is 11.3 Å². The van der Waals surface area contributed by atoms with Crippen molar-refractivity contribution in [1.82, 2.24) is 25.6 Å². The number of hydrazine groups is 1. The quantitative estimate of drug-likeness (QED) is 0.463. The van der Waals surface area contributed by atoms with Gasteiger partial charge in [-0.3, -0.25) is 14.6 Å². The molecular formula is C23H23N5OS. The number of amides is 1. The summed E-state index contributed by atoms with van der Waals surface area (Å²) in [5, 5.41) is 4.94. The average molecular weight is 418 g/mol. The van der Waals surface area contributed by atoms with E-state index < -0.39 is 0 Å². The highest BCUT2D eigenvalue weighted by Gasteiger charge is 2.25. The summed E-state index contributed by atoms with van der Waals surface area (Å²) in [6.07, 6.45) is 2.87. The Morgan fingerprint density at radius 3 is 2.80 bits per heavy atom. The largest absolute Gasteiger partial charge is 0.349 e. The molecule has 3 heterocycles. The first-order chi connectivity index (χ1) is 14.7. The molecule has 0 aliphatic carbocycles. The lowest BCUT2D eigenvalue weighted by Crippen LogP contribution is -2.40. The molecule has 1 amide bonds. The minimum absolute atomic E-state index is 0.0834. The van der Waals surface area contributed by atoms with E-state index in [0.29, 0.717) is 12.2 Å². The molecule has 5 rings (SSSR count). The molecule has 4 aromatic rings. The van der Waals surface area contributed by atoms with Crippen molar-refractivity contribution in [3.8, 4) is 11.3 Å². The number of hydrogen-bond acceptors (Lipinski definition) is 5. The van der Waals surface area contributed by atoms with Crippen LogP contribution in [0.25, 0.3) is 16.2 Å². The van der Waals surface area contributed by atoms with Gasteiger partial charge in [-0.2, -0.15) is 0 Å². The van der Waals surface area contributed by atoms with E-state index in [9.17, 15) is 4.79 Å². The third-order valence-electron chi connectivity index (χ3n) is 5.56. The molecule has 6 nitrogen and oxygen atoms in total. The number of carbonyl (C=O) groups is 1. The summed E-state index contributed by atoms with van der Waals surface area (Å²) in [5.41, 5.74) is 11.6. The number of aromatic nitrogens is 2. The summed E-state index contributed by atoms with van der Waals surface area (Å²) >= 11 is 1.48. The summed E-state index contributed by atoms with van der Waals surface area (Å²) in [5.74, 6) is -0.0834. The predicted octanol–water partition coefficient (Wildman–Crippen LogP) is 3.71. The van der Waals surface area contributed by atoms with Crippen molar-refractivity contribution >= 4 is 22.2 Å². The third-order valence-corrected chi connectivity index (χ3v) is 6.40. The van der Waals surface area contributed by atoms with E-state index in [4.69, 9.17) is 4.98 Å². The first-order valence-corrected chi connectivity index (χ1v) is 10.9. The molecule has 1 aliphatic rings. The van der Waals surface area contributed by atoms with Crippen LogP contribution in [-0.4, -0.2) is 27.9 Å². The SMILES string of the molecule is Cc1ccccc1-c1cn2c(C(=O)NCC3CC(c4ccccc4)NN3)csc2n1. The highest BCUT2D eigenvalue weighted by atomic mass is 32.1. The molecule has 152 valence electrons. The molecule has 30 heavy (non-hydrogen) atoms. The van der Waals surface area contributed by atoms with Gasteiger partial charge in [0.2, 0.25) is 0 Å². The fraction of sp³-hybridized carbons (Fsp3) is 0.217. The zero-order valence-electron chi connectivity index (χ0n) is 16.6. The minimum atomic E-state index is -0.0834. The standard InChI is InChI=1S/C23H23N5OS/c1-15-7-5-6-10-18(15)20-13-28-21(14-30-23(28)25-20)22(29)24-12-17-11-19(27-26-17)16-8-3-2-4-9-16/h2-10,13-14,17,19,26-27H,11-12H2,1H3,(H,24,29). The molecule has 3 N–H and O–H groups in total. The van der Waals surface area contributed by atoms with Crippen LogP contribution in [0.5, 0.6) is 0 Å². The van der Waals surface area contributed by atoms with Crippen molar-refractivity contribution in [1.29, 1.82) is 0 Å². The van der Waals surface area contributed by atoms with Crippen LogP contribution in [-0.2, 0) is 0 Å². The van der Waals surface area contributed by atoms with Crippen molar-refractivity contribution in [2.75, 3.05) is 6.54 Å². The lowest BCUT2D eigenvalue weighted by molar-refractivity contribution is 0.0944. The number of aryl methyl sites for hydroxylation is 1.